The van der Waals surface area contributed by atoms with Crippen LogP contribution in [0.2, 0.25) is 0 Å². The molecule has 2 N–H and O–H groups in total. The Bertz CT molecular complexity index is 857. The molecule has 0 fully saturated rings. The van der Waals surface area contributed by atoms with Gasteiger partial charge in [0, 0.05) is 19.2 Å². The Balaban J connectivity index is 1.58. The van der Waals surface area contributed by atoms with Crippen LogP contribution in [0.1, 0.15) is 5.56 Å². The monoisotopic (exact) mass is 350 g/mol. The van der Waals surface area contributed by atoms with Crippen molar-refractivity contribution in [2.24, 2.45) is 7.05 Å². The molecule has 1 aromatic heterocycles. The van der Waals surface area contributed by atoms with Crippen LogP contribution in [0.25, 0.3) is 11.3 Å². The van der Waals surface area contributed by atoms with E-state index in [-0.39, 0.29) is 6.03 Å². The van der Waals surface area contributed by atoms with Gasteiger partial charge in [0.25, 0.3) is 0 Å². The summed E-state index contributed by atoms with van der Waals surface area (Å²) in [5.74, 6) is 1.29. The zero-order valence-corrected chi connectivity index (χ0v) is 14.9. The minimum atomic E-state index is -0.268. The lowest BCUT2D eigenvalue weighted by molar-refractivity contribution is 0.252. The number of aromatic nitrogens is 2. The maximum absolute atomic E-state index is 12.1. The van der Waals surface area contributed by atoms with E-state index in [4.69, 9.17) is 4.74 Å². The zero-order valence-electron chi connectivity index (χ0n) is 14.9. The van der Waals surface area contributed by atoms with Gasteiger partial charge < -0.3 is 14.6 Å². The smallest absolute Gasteiger partial charge is 0.321 e. The van der Waals surface area contributed by atoms with E-state index >= 15 is 0 Å². The fourth-order valence-electron chi connectivity index (χ4n) is 2.67. The molecule has 2 amide bonds. The molecule has 0 aliphatic carbocycles. The number of methoxy groups -OCH3 is 1. The van der Waals surface area contributed by atoms with E-state index in [2.05, 4.69) is 15.6 Å². The van der Waals surface area contributed by atoms with Gasteiger partial charge in [0.15, 0.2) is 0 Å². The molecule has 134 valence electrons. The highest BCUT2D eigenvalue weighted by Crippen LogP contribution is 2.24. The Morgan fingerprint density at radius 3 is 2.54 bits per heavy atom. The van der Waals surface area contributed by atoms with Crippen LogP contribution in [0.15, 0.2) is 60.8 Å². The highest BCUT2D eigenvalue weighted by Gasteiger charge is 2.11. The Kier molecular flexibility index (Phi) is 5.53. The van der Waals surface area contributed by atoms with Crippen LogP contribution >= 0.6 is 0 Å². The molecule has 0 aliphatic heterocycles. The second kappa shape index (κ2) is 8.20. The third kappa shape index (κ3) is 4.22. The van der Waals surface area contributed by atoms with E-state index in [1.807, 2.05) is 66.2 Å². The van der Waals surface area contributed by atoms with Crippen molar-refractivity contribution in [1.29, 1.82) is 0 Å². The van der Waals surface area contributed by atoms with E-state index in [1.54, 1.807) is 13.3 Å². The Hall–Kier alpha value is -3.28. The fourth-order valence-corrected chi connectivity index (χ4v) is 2.67. The number of anilines is 1. The number of hydrogen-bond donors (Lipinski definition) is 2. The van der Waals surface area contributed by atoms with Crippen LogP contribution in [0.5, 0.6) is 5.75 Å². The van der Waals surface area contributed by atoms with Crippen LogP contribution < -0.4 is 15.4 Å². The molecule has 0 bridgehead atoms. The number of nitrogens with one attached hydrogen (secondary N) is 2. The molecular weight excluding hydrogens is 328 g/mol. The molecule has 0 atom stereocenters. The average molecular weight is 350 g/mol. The number of urea groups is 1. The molecule has 6 heteroatoms. The first kappa shape index (κ1) is 17.5. The lowest BCUT2D eigenvalue weighted by Crippen LogP contribution is -2.31. The molecule has 3 rings (SSSR count). The van der Waals surface area contributed by atoms with Crippen molar-refractivity contribution in [1.82, 2.24) is 14.9 Å². The Morgan fingerprint density at radius 2 is 1.85 bits per heavy atom. The van der Waals surface area contributed by atoms with Crippen molar-refractivity contribution in [3.05, 3.63) is 66.4 Å². The van der Waals surface area contributed by atoms with Crippen molar-refractivity contribution in [3.8, 4) is 17.0 Å². The highest BCUT2D eigenvalue weighted by atomic mass is 16.5. The summed E-state index contributed by atoms with van der Waals surface area (Å²) in [6, 6.07) is 17.5. The van der Waals surface area contributed by atoms with Gasteiger partial charge in [-0.3, -0.25) is 5.32 Å². The lowest BCUT2D eigenvalue weighted by Gasteiger charge is -2.09. The van der Waals surface area contributed by atoms with Gasteiger partial charge in [-0.15, -0.1) is 0 Å². The van der Waals surface area contributed by atoms with Crippen molar-refractivity contribution >= 4 is 12.0 Å². The number of hydrogen-bond acceptors (Lipinski definition) is 3. The summed E-state index contributed by atoms with van der Waals surface area (Å²) in [4.78, 5) is 16.4. The fraction of sp³-hybridized carbons (Fsp3) is 0.200. The number of amides is 2. The highest BCUT2D eigenvalue weighted by molar-refractivity contribution is 5.88. The quantitative estimate of drug-likeness (QED) is 0.715. The molecule has 26 heavy (non-hydrogen) atoms. The molecule has 0 spiro atoms. The zero-order chi connectivity index (χ0) is 18.4. The number of imidazole rings is 1. The van der Waals surface area contributed by atoms with Crippen molar-refractivity contribution in [3.63, 3.8) is 0 Å². The van der Waals surface area contributed by atoms with Gasteiger partial charge in [-0.25, -0.2) is 9.78 Å². The van der Waals surface area contributed by atoms with Crippen LogP contribution in [-0.4, -0.2) is 29.2 Å². The minimum absolute atomic E-state index is 0.268. The van der Waals surface area contributed by atoms with Crippen LogP contribution in [0, 0.1) is 0 Å². The Morgan fingerprint density at radius 1 is 1.12 bits per heavy atom. The number of benzene rings is 2. The Labute approximate surface area is 152 Å². The lowest BCUT2D eigenvalue weighted by atomic mass is 10.1. The molecule has 0 radical (unpaired) electrons. The number of carbonyl (C=O) groups excluding carboxylic acids is 1. The molecule has 1 heterocycles. The molecule has 3 aromatic rings. The van der Waals surface area contributed by atoms with Gasteiger partial charge in [0.2, 0.25) is 5.95 Å². The third-order valence-corrected chi connectivity index (χ3v) is 4.14. The molecular formula is C20H22N4O2. The predicted octanol–water partition coefficient (Wildman–Crippen LogP) is 3.46. The first-order valence-electron chi connectivity index (χ1n) is 8.42. The van der Waals surface area contributed by atoms with Crippen molar-refractivity contribution in [2.75, 3.05) is 19.0 Å². The first-order chi connectivity index (χ1) is 12.7. The summed E-state index contributed by atoms with van der Waals surface area (Å²) in [6.45, 7) is 0.561. The number of rotatable bonds is 6. The molecule has 0 saturated carbocycles. The van der Waals surface area contributed by atoms with Gasteiger partial charge in [-0.2, -0.15) is 0 Å². The molecule has 2 aromatic carbocycles. The first-order valence-corrected chi connectivity index (χ1v) is 8.42. The third-order valence-electron chi connectivity index (χ3n) is 4.14. The maximum atomic E-state index is 12.1. The van der Waals surface area contributed by atoms with Gasteiger partial charge in [-0.05, 0) is 36.2 Å². The van der Waals surface area contributed by atoms with E-state index in [0.29, 0.717) is 12.5 Å². The summed E-state index contributed by atoms with van der Waals surface area (Å²) in [5, 5.41) is 5.64. The van der Waals surface area contributed by atoms with Crippen LogP contribution in [0.3, 0.4) is 0 Å². The van der Waals surface area contributed by atoms with E-state index in [0.717, 1.165) is 23.4 Å². The van der Waals surface area contributed by atoms with Crippen LogP contribution in [-0.2, 0) is 13.5 Å². The second-order valence-electron chi connectivity index (χ2n) is 5.87. The molecule has 6 nitrogen and oxygen atoms in total. The molecule has 0 aliphatic rings. The maximum Gasteiger partial charge on any atom is 0.321 e. The van der Waals surface area contributed by atoms with Crippen molar-refractivity contribution in [2.45, 2.75) is 6.42 Å². The number of ether oxygens (including phenoxy) is 1. The number of carbonyl (C=O) groups is 1. The standard InChI is InChI=1S/C20H22N4O2/c1-24-18(16-8-10-17(26-2)11-9-16)14-22-19(24)23-20(25)21-13-12-15-6-4-3-5-7-15/h3-11,14H,12-13H2,1-2H3,(H2,21,22,23,25). The average Bonchev–Trinajstić information content (AvgIpc) is 3.03. The van der Waals surface area contributed by atoms with Gasteiger partial charge in [0.05, 0.1) is 19.0 Å². The van der Waals surface area contributed by atoms with Crippen molar-refractivity contribution < 1.29 is 9.53 Å². The summed E-state index contributed by atoms with van der Waals surface area (Å²) in [5.41, 5.74) is 3.09. The SMILES string of the molecule is COc1ccc(-c2cnc(NC(=O)NCCc3ccccc3)n2C)cc1. The molecule has 0 saturated heterocycles. The number of nitrogens with zero attached hydrogens (tertiary/aromatic N) is 2. The summed E-state index contributed by atoms with van der Waals surface area (Å²) < 4.78 is 7.02. The summed E-state index contributed by atoms with van der Waals surface area (Å²) in [6.07, 6.45) is 2.52. The summed E-state index contributed by atoms with van der Waals surface area (Å²) in [7, 11) is 3.50. The van der Waals surface area contributed by atoms with Gasteiger partial charge >= 0.3 is 6.03 Å². The normalized spacial score (nSPS) is 10.4. The molecule has 0 unspecified atom stereocenters. The topological polar surface area (TPSA) is 68.2 Å². The van der Waals surface area contributed by atoms with Crippen LogP contribution in [0.4, 0.5) is 10.7 Å². The van der Waals surface area contributed by atoms with E-state index in [9.17, 15) is 4.79 Å². The second-order valence-corrected chi connectivity index (χ2v) is 5.87. The minimum Gasteiger partial charge on any atom is -0.497 e. The van der Waals surface area contributed by atoms with Gasteiger partial charge in [0.1, 0.15) is 5.75 Å². The summed E-state index contributed by atoms with van der Waals surface area (Å²) >= 11 is 0. The largest absolute Gasteiger partial charge is 0.497 e. The van der Waals surface area contributed by atoms with E-state index < -0.39 is 0 Å². The van der Waals surface area contributed by atoms with E-state index in [1.165, 1.54) is 5.56 Å². The predicted molar refractivity (Wildman–Crippen MR) is 102 cm³/mol. The van der Waals surface area contributed by atoms with Gasteiger partial charge in [-0.1, -0.05) is 30.3 Å².